The number of nitrogens with zero attached hydrogens (tertiary/aromatic N) is 2. The Morgan fingerprint density at radius 2 is 1.67 bits per heavy atom. The van der Waals surface area contributed by atoms with Crippen LogP contribution in [0.1, 0.15) is 11.1 Å². The van der Waals surface area contributed by atoms with Crippen LogP contribution in [0.5, 0.6) is 0 Å². The Hall–Kier alpha value is -2.19. The molecular weight excluding hydrogens is 422 g/mol. The maximum atomic E-state index is 13.8. The summed E-state index contributed by atoms with van der Waals surface area (Å²) in [5, 5.41) is 0.889. The quantitative estimate of drug-likeness (QED) is 0.525. The Kier molecular flexibility index (Phi) is 5.67. The highest BCUT2D eigenvalue weighted by Gasteiger charge is 2.46. The average molecular weight is 432 g/mol. The van der Waals surface area contributed by atoms with Crippen molar-refractivity contribution in [1.29, 1.82) is 0 Å². The third kappa shape index (κ3) is 3.91. The fourth-order valence-electron chi connectivity index (χ4n) is 2.36. The number of benzene rings is 2. The van der Waals surface area contributed by atoms with Crippen molar-refractivity contribution in [3.63, 3.8) is 0 Å². The molecule has 1 heterocycles. The van der Waals surface area contributed by atoms with Gasteiger partial charge < -0.3 is 0 Å². The fourth-order valence-corrected chi connectivity index (χ4v) is 2.90. The first-order chi connectivity index (χ1) is 12.8. The van der Waals surface area contributed by atoms with Crippen LogP contribution in [0.4, 0.5) is 9.18 Å². The number of carbonyl (C=O) groups excluding carboxylic acids is 3. The molecule has 1 aliphatic heterocycles. The SMILES string of the molecule is O=C1C(=O)N(OCc2c(F)cccc2Cl)C(=O)N1Cc1ccc(Cl)c(Cl)c1. The number of rotatable bonds is 5. The van der Waals surface area contributed by atoms with Gasteiger partial charge in [0.1, 0.15) is 12.4 Å². The van der Waals surface area contributed by atoms with Crippen LogP contribution in [0, 0.1) is 5.82 Å². The van der Waals surface area contributed by atoms with E-state index in [1.165, 1.54) is 24.3 Å². The van der Waals surface area contributed by atoms with Crippen LogP contribution in [-0.2, 0) is 27.6 Å². The smallest absolute Gasteiger partial charge is 0.263 e. The Balaban J connectivity index is 1.75. The second kappa shape index (κ2) is 7.82. The summed E-state index contributed by atoms with van der Waals surface area (Å²) < 4.78 is 13.8. The van der Waals surface area contributed by atoms with E-state index in [1.807, 2.05) is 0 Å². The van der Waals surface area contributed by atoms with E-state index in [2.05, 4.69) is 0 Å². The molecule has 2 aromatic carbocycles. The molecule has 10 heteroatoms. The minimum Gasteiger partial charge on any atom is -0.263 e. The molecule has 27 heavy (non-hydrogen) atoms. The molecule has 2 aromatic rings. The molecular formula is C17H10Cl3FN2O4. The third-order valence-corrected chi connectivity index (χ3v) is 4.83. The van der Waals surface area contributed by atoms with Crippen LogP contribution in [0.3, 0.4) is 0 Å². The highest BCUT2D eigenvalue weighted by Crippen LogP contribution is 2.25. The molecule has 6 nitrogen and oxygen atoms in total. The van der Waals surface area contributed by atoms with Crippen molar-refractivity contribution in [2.45, 2.75) is 13.2 Å². The van der Waals surface area contributed by atoms with Crippen LogP contribution in [0.15, 0.2) is 36.4 Å². The number of hydrogen-bond acceptors (Lipinski definition) is 4. The van der Waals surface area contributed by atoms with Crippen molar-refractivity contribution in [3.05, 3.63) is 68.4 Å². The first-order valence-corrected chi connectivity index (χ1v) is 8.62. The lowest BCUT2D eigenvalue weighted by molar-refractivity contribution is -0.169. The number of amides is 4. The van der Waals surface area contributed by atoms with E-state index in [0.29, 0.717) is 15.5 Å². The molecule has 0 spiro atoms. The van der Waals surface area contributed by atoms with E-state index in [0.717, 1.165) is 6.07 Å². The van der Waals surface area contributed by atoms with Gasteiger partial charge in [-0.25, -0.2) is 14.1 Å². The van der Waals surface area contributed by atoms with E-state index in [1.54, 1.807) is 6.07 Å². The van der Waals surface area contributed by atoms with Gasteiger partial charge in [-0.2, -0.15) is 0 Å². The molecule has 0 radical (unpaired) electrons. The largest absolute Gasteiger partial charge is 0.359 e. The number of halogens is 4. The Bertz CT molecular complexity index is 934. The van der Waals surface area contributed by atoms with E-state index in [-0.39, 0.29) is 27.2 Å². The van der Waals surface area contributed by atoms with E-state index < -0.39 is 30.3 Å². The fraction of sp³-hybridized carbons (Fsp3) is 0.118. The molecule has 0 atom stereocenters. The summed E-state index contributed by atoms with van der Waals surface area (Å²) >= 11 is 17.6. The van der Waals surface area contributed by atoms with Crippen molar-refractivity contribution in [3.8, 4) is 0 Å². The van der Waals surface area contributed by atoms with Gasteiger partial charge in [0.05, 0.1) is 16.6 Å². The Morgan fingerprint density at radius 3 is 2.33 bits per heavy atom. The minimum atomic E-state index is -1.19. The molecule has 0 aliphatic carbocycles. The lowest BCUT2D eigenvalue weighted by Crippen LogP contribution is -2.33. The van der Waals surface area contributed by atoms with Crippen LogP contribution < -0.4 is 0 Å². The van der Waals surface area contributed by atoms with E-state index in [4.69, 9.17) is 39.6 Å². The summed E-state index contributed by atoms with van der Waals surface area (Å²) in [6.45, 7) is -0.711. The summed E-state index contributed by atoms with van der Waals surface area (Å²) in [6.07, 6.45) is 0. The molecule has 0 unspecified atom stereocenters. The molecule has 1 aliphatic rings. The lowest BCUT2D eigenvalue weighted by atomic mass is 10.2. The van der Waals surface area contributed by atoms with Crippen LogP contribution in [-0.4, -0.2) is 27.8 Å². The Labute approximate surface area is 167 Å². The number of hydroxylamine groups is 2. The van der Waals surface area contributed by atoms with Gasteiger partial charge in [-0.1, -0.05) is 46.9 Å². The van der Waals surface area contributed by atoms with Crippen LogP contribution >= 0.6 is 34.8 Å². The van der Waals surface area contributed by atoms with Crippen molar-refractivity contribution >= 4 is 52.6 Å². The van der Waals surface area contributed by atoms with Crippen molar-refractivity contribution in [2.75, 3.05) is 0 Å². The van der Waals surface area contributed by atoms with Crippen LogP contribution in [0.2, 0.25) is 15.1 Å². The molecule has 0 N–H and O–H groups in total. The van der Waals surface area contributed by atoms with Gasteiger partial charge in [0.25, 0.3) is 0 Å². The van der Waals surface area contributed by atoms with Gasteiger partial charge in [-0.3, -0.25) is 14.4 Å². The summed E-state index contributed by atoms with van der Waals surface area (Å²) in [6, 6.07) is 7.51. The van der Waals surface area contributed by atoms with Crippen LogP contribution in [0.25, 0.3) is 0 Å². The van der Waals surface area contributed by atoms with Gasteiger partial charge in [-0.15, -0.1) is 5.06 Å². The van der Waals surface area contributed by atoms with E-state index >= 15 is 0 Å². The average Bonchev–Trinajstić information content (AvgIpc) is 2.82. The van der Waals surface area contributed by atoms with Gasteiger partial charge in [-0.05, 0) is 29.8 Å². The molecule has 3 rings (SSSR count). The van der Waals surface area contributed by atoms with E-state index in [9.17, 15) is 18.8 Å². The zero-order valence-electron chi connectivity index (χ0n) is 13.4. The zero-order chi connectivity index (χ0) is 19.7. The summed E-state index contributed by atoms with van der Waals surface area (Å²) in [7, 11) is 0. The maximum Gasteiger partial charge on any atom is 0.359 e. The third-order valence-electron chi connectivity index (χ3n) is 3.74. The number of imide groups is 2. The predicted octanol–water partition coefficient (Wildman–Crippen LogP) is 4.21. The molecule has 0 aromatic heterocycles. The minimum absolute atomic E-state index is 0.0462. The summed E-state index contributed by atoms with van der Waals surface area (Å²) in [4.78, 5) is 42.3. The first-order valence-electron chi connectivity index (χ1n) is 7.49. The number of hydrogen-bond donors (Lipinski definition) is 0. The number of carbonyl (C=O) groups is 3. The topological polar surface area (TPSA) is 66.9 Å². The molecule has 0 saturated carbocycles. The maximum absolute atomic E-state index is 13.8. The summed E-state index contributed by atoms with van der Waals surface area (Å²) in [5.41, 5.74) is 0.438. The summed E-state index contributed by atoms with van der Waals surface area (Å²) in [5.74, 6) is -2.93. The van der Waals surface area contributed by atoms with Gasteiger partial charge >= 0.3 is 17.8 Å². The molecule has 140 valence electrons. The van der Waals surface area contributed by atoms with Crippen molar-refractivity contribution in [1.82, 2.24) is 9.96 Å². The number of urea groups is 1. The second-order valence-corrected chi connectivity index (χ2v) is 6.72. The monoisotopic (exact) mass is 430 g/mol. The molecule has 1 fully saturated rings. The van der Waals surface area contributed by atoms with Crippen molar-refractivity contribution < 1.29 is 23.6 Å². The van der Waals surface area contributed by atoms with Gasteiger partial charge in [0.2, 0.25) is 0 Å². The second-order valence-electron chi connectivity index (χ2n) is 5.50. The normalized spacial score (nSPS) is 14.4. The van der Waals surface area contributed by atoms with Crippen molar-refractivity contribution in [2.24, 2.45) is 0 Å². The highest BCUT2D eigenvalue weighted by atomic mass is 35.5. The lowest BCUT2D eigenvalue weighted by Gasteiger charge is -2.16. The zero-order valence-corrected chi connectivity index (χ0v) is 15.7. The molecule has 4 amide bonds. The highest BCUT2D eigenvalue weighted by molar-refractivity contribution is 6.44. The predicted molar refractivity (Wildman–Crippen MR) is 95.5 cm³/mol. The first kappa shape index (κ1) is 19.6. The van der Waals surface area contributed by atoms with Gasteiger partial charge in [0.15, 0.2) is 0 Å². The van der Waals surface area contributed by atoms with Gasteiger partial charge in [0, 0.05) is 10.6 Å². The molecule has 0 bridgehead atoms. The standard InChI is InChI=1S/C17H10Cl3FN2O4/c18-11-2-1-3-14(21)10(11)8-27-23-16(25)15(24)22(17(23)26)7-9-4-5-12(19)13(20)6-9/h1-6H,7-8H2. The molecule has 1 saturated heterocycles. The Morgan fingerprint density at radius 1 is 0.926 bits per heavy atom.